The van der Waals surface area contributed by atoms with Gasteiger partial charge < -0.3 is 5.73 Å². The quantitative estimate of drug-likeness (QED) is 0.700. The molecule has 74 valence electrons. The second-order valence-electron chi connectivity index (χ2n) is 3.87. The second kappa shape index (κ2) is 3.01. The monoisotopic (exact) mass is 189 g/mol. The molecular weight excluding hydrogens is 174 g/mol. The molecular formula is C11H15N3. The normalized spacial score (nSPS) is 11.4. The van der Waals surface area contributed by atoms with E-state index in [0.29, 0.717) is 6.04 Å². The van der Waals surface area contributed by atoms with Gasteiger partial charge in [0, 0.05) is 17.1 Å². The molecule has 1 aromatic heterocycles. The summed E-state index contributed by atoms with van der Waals surface area (Å²) in [5.41, 5.74) is 8.72. The number of nitrogen functional groups attached to an aromatic ring is 1. The van der Waals surface area contributed by atoms with Gasteiger partial charge in [-0.1, -0.05) is 12.1 Å². The summed E-state index contributed by atoms with van der Waals surface area (Å²) in [6.45, 7) is 6.32. The number of rotatable bonds is 1. The zero-order valence-electron chi connectivity index (χ0n) is 8.78. The molecule has 0 aliphatic heterocycles. The SMILES string of the molecule is Cc1c2cccc(N)c2nn1C(C)C. The Labute approximate surface area is 83.5 Å². The highest BCUT2D eigenvalue weighted by atomic mass is 15.3. The van der Waals surface area contributed by atoms with E-state index in [2.05, 4.69) is 31.9 Å². The zero-order chi connectivity index (χ0) is 10.3. The van der Waals surface area contributed by atoms with Crippen LogP contribution in [0.25, 0.3) is 10.9 Å². The molecule has 2 aromatic rings. The lowest BCUT2D eigenvalue weighted by Gasteiger charge is -2.06. The van der Waals surface area contributed by atoms with Crippen molar-refractivity contribution in [1.29, 1.82) is 0 Å². The van der Waals surface area contributed by atoms with Gasteiger partial charge in [0.2, 0.25) is 0 Å². The maximum Gasteiger partial charge on any atom is 0.115 e. The number of hydrogen-bond donors (Lipinski definition) is 1. The van der Waals surface area contributed by atoms with Crippen LogP contribution in [0.15, 0.2) is 18.2 Å². The fraction of sp³-hybridized carbons (Fsp3) is 0.364. The van der Waals surface area contributed by atoms with Gasteiger partial charge in [0.25, 0.3) is 0 Å². The first kappa shape index (κ1) is 9.06. The number of anilines is 1. The number of hydrogen-bond acceptors (Lipinski definition) is 2. The van der Waals surface area contributed by atoms with E-state index in [-0.39, 0.29) is 0 Å². The maximum absolute atomic E-state index is 5.86. The third kappa shape index (κ3) is 1.16. The maximum atomic E-state index is 5.86. The zero-order valence-corrected chi connectivity index (χ0v) is 8.78. The van der Waals surface area contributed by atoms with E-state index in [0.717, 1.165) is 16.6 Å². The molecule has 0 radical (unpaired) electrons. The van der Waals surface area contributed by atoms with Gasteiger partial charge in [-0.05, 0) is 26.8 Å². The summed E-state index contributed by atoms with van der Waals surface area (Å²) < 4.78 is 2.01. The van der Waals surface area contributed by atoms with Crippen molar-refractivity contribution in [1.82, 2.24) is 9.78 Å². The van der Waals surface area contributed by atoms with Crippen molar-refractivity contribution in [3.8, 4) is 0 Å². The van der Waals surface area contributed by atoms with Crippen LogP contribution in [0.4, 0.5) is 5.69 Å². The molecule has 3 nitrogen and oxygen atoms in total. The van der Waals surface area contributed by atoms with Crippen molar-refractivity contribution < 1.29 is 0 Å². The van der Waals surface area contributed by atoms with E-state index in [4.69, 9.17) is 5.73 Å². The summed E-state index contributed by atoms with van der Waals surface area (Å²) in [5, 5.41) is 5.65. The molecule has 0 aliphatic rings. The Bertz CT molecular complexity index is 469. The third-order valence-electron chi connectivity index (χ3n) is 2.50. The molecule has 14 heavy (non-hydrogen) atoms. The molecule has 0 saturated heterocycles. The van der Waals surface area contributed by atoms with Crippen LogP contribution in [0.5, 0.6) is 0 Å². The van der Waals surface area contributed by atoms with Crippen molar-refractivity contribution in [3.63, 3.8) is 0 Å². The molecule has 0 unspecified atom stereocenters. The van der Waals surface area contributed by atoms with Crippen LogP contribution in [0, 0.1) is 6.92 Å². The highest BCUT2D eigenvalue weighted by Crippen LogP contribution is 2.24. The summed E-state index contributed by atoms with van der Waals surface area (Å²) >= 11 is 0. The van der Waals surface area contributed by atoms with Crippen molar-refractivity contribution in [2.75, 3.05) is 5.73 Å². The molecule has 0 atom stereocenters. The number of aryl methyl sites for hydroxylation is 1. The van der Waals surface area contributed by atoms with Crippen molar-refractivity contribution in [2.45, 2.75) is 26.8 Å². The first-order valence-electron chi connectivity index (χ1n) is 4.84. The van der Waals surface area contributed by atoms with E-state index in [1.165, 1.54) is 5.69 Å². The average molecular weight is 189 g/mol. The molecule has 1 aromatic carbocycles. The Balaban J connectivity index is 2.80. The minimum absolute atomic E-state index is 0.377. The Morgan fingerprint density at radius 2 is 2.07 bits per heavy atom. The Kier molecular flexibility index (Phi) is 1.95. The van der Waals surface area contributed by atoms with E-state index < -0.39 is 0 Å². The van der Waals surface area contributed by atoms with Crippen molar-refractivity contribution in [2.24, 2.45) is 0 Å². The lowest BCUT2D eigenvalue weighted by atomic mass is 10.2. The van der Waals surface area contributed by atoms with E-state index in [9.17, 15) is 0 Å². The van der Waals surface area contributed by atoms with Gasteiger partial charge in [-0.3, -0.25) is 4.68 Å². The summed E-state index contributed by atoms with van der Waals surface area (Å²) in [7, 11) is 0. The van der Waals surface area contributed by atoms with Crippen molar-refractivity contribution >= 4 is 16.6 Å². The molecule has 2 rings (SSSR count). The van der Waals surface area contributed by atoms with E-state index >= 15 is 0 Å². The topological polar surface area (TPSA) is 43.8 Å². The predicted molar refractivity (Wildman–Crippen MR) is 59.3 cm³/mol. The van der Waals surface area contributed by atoms with Crippen LogP contribution in [0.3, 0.4) is 0 Å². The van der Waals surface area contributed by atoms with Gasteiger partial charge in [-0.25, -0.2) is 0 Å². The van der Waals surface area contributed by atoms with Crippen LogP contribution < -0.4 is 5.73 Å². The highest BCUT2D eigenvalue weighted by molar-refractivity contribution is 5.91. The molecule has 3 heteroatoms. The van der Waals surface area contributed by atoms with Gasteiger partial charge in [0.1, 0.15) is 5.52 Å². The Morgan fingerprint density at radius 3 is 2.64 bits per heavy atom. The summed E-state index contributed by atoms with van der Waals surface area (Å²) in [6, 6.07) is 6.30. The smallest absolute Gasteiger partial charge is 0.115 e. The lowest BCUT2D eigenvalue weighted by Crippen LogP contribution is -2.04. The summed E-state index contributed by atoms with van der Waals surface area (Å²) in [6.07, 6.45) is 0. The number of benzene rings is 1. The van der Waals surface area contributed by atoms with Gasteiger partial charge in [0.05, 0.1) is 5.69 Å². The number of aromatic nitrogens is 2. The number of nitrogens with two attached hydrogens (primary N) is 1. The van der Waals surface area contributed by atoms with Crippen LogP contribution in [0.2, 0.25) is 0 Å². The number of nitrogens with zero attached hydrogens (tertiary/aromatic N) is 2. The average Bonchev–Trinajstić information content (AvgIpc) is 2.46. The summed E-state index contributed by atoms with van der Waals surface area (Å²) in [5.74, 6) is 0. The van der Waals surface area contributed by atoms with E-state index in [1.54, 1.807) is 0 Å². The van der Waals surface area contributed by atoms with E-state index in [1.807, 2.05) is 16.8 Å². The van der Waals surface area contributed by atoms with Crippen molar-refractivity contribution in [3.05, 3.63) is 23.9 Å². The fourth-order valence-electron chi connectivity index (χ4n) is 1.77. The van der Waals surface area contributed by atoms with Crippen LogP contribution in [0.1, 0.15) is 25.6 Å². The molecule has 1 heterocycles. The standard InChI is InChI=1S/C11H15N3/c1-7(2)14-8(3)9-5-4-6-10(12)11(9)13-14/h4-7H,12H2,1-3H3. The minimum Gasteiger partial charge on any atom is -0.397 e. The first-order chi connectivity index (χ1) is 6.61. The van der Waals surface area contributed by atoms with Gasteiger partial charge in [-0.15, -0.1) is 0 Å². The minimum atomic E-state index is 0.377. The predicted octanol–water partition coefficient (Wildman–Crippen LogP) is 2.51. The molecule has 0 amide bonds. The van der Waals surface area contributed by atoms with Crippen LogP contribution in [-0.2, 0) is 0 Å². The highest BCUT2D eigenvalue weighted by Gasteiger charge is 2.10. The Morgan fingerprint density at radius 1 is 1.36 bits per heavy atom. The largest absolute Gasteiger partial charge is 0.397 e. The summed E-state index contributed by atoms with van der Waals surface area (Å²) in [4.78, 5) is 0. The lowest BCUT2D eigenvalue weighted by molar-refractivity contribution is 0.524. The molecule has 0 bridgehead atoms. The molecule has 0 saturated carbocycles. The Hall–Kier alpha value is -1.51. The van der Waals surface area contributed by atoms with Gasteiger partial charge >= 0.3 is 0 Å². The van der Waals surface area contributed by atoms with Crippen LogP contribution >= 0.6 is 0 Å². The first-order valence-corrected chi connectivity index (χ1v) is 4.84. The van der Waals surface area contributed by atoms with Crippen LogP contribution in [-0.4, -0.2) is 9.78 Å². The number of fused-ring (bicyclic) bond motifs is 1. The molecule has 0 aliphatic carbocycles. The third-order valence-corrected chi connectivity index (χ3v) is 2.50. The van der Waals surface area contributed by atoms with Gasteiger partial charge in [-0.2, -0.15) is 5.10 Å². The van der Waals surface area contributed by atoms with Gasteiger partial charge in [0.15, 0.2) is 0 Å². The molecule has 2 N–H and O–H groups in total. The second-order valence-corrected chi connectivity index (χ2v) is 3.87. The fourth-order valence-corrected chi connectivity index (χ4v) is 1.77. The molecule has 0 spiro atoms. The molecule has 0 fully saturated rings.